The number of fused-ring (bicyclic) bond motifs is 5. The number of allylic oxidation sites excluding steroid dienone is 1. The van der Waals surface area contributed by atoms with E-state index >= 15 is 0 Å². The minimum Gasteiger partial charge on any atom is -0.481 e. The average Bonchev–Trinajstić information content (AvgIpc) is 2.78. The maximum atomic E-state index is 11.7. The van der Waals surface area contributed by atoms with Gasteiger partial charge in [-0.25, -0.2) is 0 Å². The molecule has 4 unspecified atom stereocenters. The first-order chi connectivity index (χ1) is 12.1. The van der Waals surface area contributed by atoms with E-state index in [1.54, 1.807) is 0 Å². The number of hydrogen-bond donors (Lipinski definition) is 4. The van der Waals surface area contributed by atoms with Gasteiger partial charge >= 0.3 is 5.97 Å². The summed E-state index contributed by atoms with van der Waals surface area (Å²) in [5, 5.41) is 41.6. The van der Waals surface area contributed by atoms with E-state index in [-0.39, 0.29) is 23.2 Å². The third kappa shape index (κ3) is 2.23. The van der Waals surface area contributed by atoms with E-state index in [4.69, 9.17) is 0 Å². The van der Waals surface area contributed by atoms with Crippen LogP contribution < -0.4 is 0 Å². The standard InChI is InChI=1S/C21H30O5/c1-10-6-14-12-5-4-11-7-15(22)13(19(25)26)8-20(11,2)17(12)16(23)9-21(14,3)18(10)24/h4,12-18,22-24H,1,5-9H2,2-3H3,(H,25,26)/t12-,13?,14-,15?,16?,17-,18?,20-,21-/m0/s1. The zero-order valence-electron chi connectivity index (χ0n) is 15.6. The molecule has 4 aliphatic carbocycles. The fraction of sp³-hybridized carbons (Fsp3) is 0.762. The van der Waals surface area contributed by atoms with Gasteiger partial charge in [-0.2, -0.15) is 0 Å². The first kappa shape index (κ1) is 18.2. The van der Waals surface area contributed by atoms with E-state index in [9.17, 15) is 25.2 Å². The van der Waals surface area contributed by atoms with Crippen molar-refractivity contribution in [3.63, 3.8) is 0 Å². The molecule has 0 aliphatic heterocycles. The van der Waals surface area contributed by atoms with Crippen LogP contribution >= 0.6 is 0 Å². The molecule has 0 aromatic heterocycles. The number of aliphatic hydroxyl groups excluding tert-OH is 3. The van der Waals surface area contributed by atoms with Gasteiger partial charge in [0, 0.05) is 5.41 Å². The lowest BCUT2D eigenvalue weighted by Gasteiger charge is -2.59. The van der Waals surface area contributed by atoms with Crippen LogP contribution in [0.1, 0.15) is 46.0 Å². The molecule has 4 N–H and O–H groups in total. The second-order valence-corrected chi connectivity index (χ2v) is 9.64. The maximum absolute atomic E-state index is 11.7. The molecule has 4 aliphatic rings. The maximum Gasteiger partial charge on any atom is 0.309 e. The van der Waals surface area contributed by atoms with Crippen molar-refractivity contribution < 1.29 is 25.2 Å². The van der Waals surface area contributed by atoms with Crippen LogP contribution in [0.3, 0.4) is 0 Å². The molecule has 0 radical (unpaired) electrons. The Morgan fingerprint density at radius 1 is 1.15 bits per heavy atom. The van der Waals surface area contributed by atoms with E-state index in [0.717, 1.165) is 24.0 Å². The summed E-state index contributed by atoms with van der Waals surface area (Å²) in [6.07, 6.45) is 2.99. The van der Waals surface area contributed by atoms with E-state index < -0.39 is 35.6 Å². The van der Waals surface area contributed by atoms with Gasteiger partial charge in [0.25, 0.3) is 0 Å². The minimum atomic E-state index is -0.959. The molecule has 0 heterocycles. The molecule has 144 valence electrons. The molecule has 0 aromatic carbocycles. The predicted molar refractivity (Wildman–Crippen MR) is 96.1 cm³/mol. The highest BCUT2D eigenvalue weighted by molar-refractivity contribution is 5.71. The summed E-state index contributed by atoms with van der Waals surface area (Å²) in [5.74, 6) is -1.33. The summed E-state index contributed by atoms with van der Waals surface area (Å²) < 4.78 is 0. The first-order valence-electron chi connectivity index (χ1n) is 9.73. The van der Waals surface area contributed by atoms with Crippen LogP contribution in [-0.4, -0.2) is 44.7 Å². The lowest BCUT2D eigenvalue weighted by molar-refractivity contribution is -0.159. The third-order valence-electron chi connectivity index (χ3n) is 8.34. The number of rotatable bonds is 1. The molecule has 5 heteroatoms. The van der Waals surface area contributed by atoms with Crippen molar-refractivity contribution in [2.45, 2.75) is 64.3 Å². The molecule has 9 atom stereocenters. The molecule has 0 spiro atoms. The predicted octanol–water partition coefficient (Wildman–Crippen LogP) is 2.12. The van der Waals surface area contributed by atoms with Gasteiger partial charge in [-0.3, -0.25) is 4.79 Å². The molecule has 4 rings (SSSR count). The van der Waals surface area contributed by atoms with Crippen LogP contribution in [0.25, 0.3) is 0 Å². The van der Waals surface area contributed by atoms with Crippen LogP contribution in [0, 0.1) is 34.5 Å². The van der Waals surface area contributed by atoms with Gasteiger partial charge in [0.1, 0.15) is 0 Å². The van der Waals surface area contributed by atoms with Crippen molar-refractivity contribution in [2.75, 3.05) is 0 Å². The van der Waals surface area contributed by atoms with E-state index in [2.05, 4.69) is 26.5 Å². The number of carbonyl (C=O) groups is 1. The Morgan fingerprint density at radius 3 is 2.50 bits per heavy atom. The van der Waals surface area contributed by atoms with Crippen molar-refractivity contribution in [1.82, 2.24) is 0 Å². The molecule has 0 saturated heterocycles. The fourth-order valence-electron chi connectivity index (χ4n) is 7.04. The molecule has 3 fully saturated rings. The summed E-state index contributed by atoms with van der Waals surface area (Å²) in [5.41, 5.74) is 1.18. The first-order valence-corrected chi connectivity index (χ1v) is 9.73. The largest absolute Gasteiger partial charge is 0.481 e. The Kier molecular flexibility index (Phi) is 3.97. The summed E-state index contributed by atoms with van der Waals surface area (Å²) in [7, 11) is 0. The van der Waals surface area contributed by atoms with E-state index in [0.29, 0.717) is 19.3 Å². The van der Waals surface area contributed by atoms with E-state index in [1.165, 1.54) is 0 Å². The Labute approximate surface area is 154 Å². The van der Waals surface area contributed by atoms with Gasteiger partial charge in [0.2, 0.25) is 0 Å². The van der Waals surface area contributed by atoms with Crippen LogP contribution in [-0.2, 0) is 4.79 Å². The van der Waals surface area contributed by atoms with Crippen molar-refractivity contribution in [2.24, 2.45) is 34.5 Å². The van der Waals surface area contributed by atoms with Gasteiger partial charge in [0.05, 0.1) is 24.2 Å². The summed E-state index contributed by atoms with van der Waals surface area (Å²) in [4.78, 5) is 11.7. The summed E-state index contributed by atoms with van der Waals surface area (Å²) >= 11 is 0. The Bertz CT molecular complexity index is 684. The zero-order valence-corrected chi connectivity index (χ0v) is 15.6. The molecule has 0 bridgehead atoms. The number of hydrogen-bond acceptors (Lipinski definition) is 4. The monoisotopic (exact) mass is 362 g/mol. The zero-order chi connectivity index (χ0) is 19.0. The third-order valence-corrected chi connectivity index (χ3v) is 8.34. The topological polar surface area (TPSA) is 98.0 Å². The lowest BCUT2D eigenvalue weighted by atomic mass is 9.46. The minimum absolute atomic E-state index is 0.0342. The highest BCUT2D eigenvalue weighted by Crippen LogP contribution is 2.65. The summed E-state index contributed by atoms with van der Waals surface area (Å²) in [6.45, 7) is 8.19. The number of carboxylic acids is 1. The Balaban J connectivity index is 1.75. The second-order valence-electron chi connectivity index (χ2n) is 9.64. The number of carboxylic acid groups (broad SMARTS) is 1. The van der Waals surface area contributed by atoms with Crippen molar-refractivity contribution >= 4 is 5.97 Å². The highest BCUT2D eigenvalue weighted by Gasteiger charge is 2.63. The van der Waals surface area contributed by atoms with Gasteiger partial charge in [0.15, 0.2) is 0 Å². The quantitative estimate of drug-likeness (QED) is 0.536. The van der Waals surface area contributed by atoms with E-state index in [1.807, 2.05) is 0 Å². The molecule has 0 aromatic rings. The number of aliphatic hydroxyl groups is 3. The molecular formula is C21H30O5. The highest BCUT2D eigenvalue weighted by atomic mass is 16.4. The van der Waals surface area contributed by atoms with Crippen LogP contribution in [0.2, 0.25) is 0 Å². The SMILES string of the molecule is C=C1C[C@H]2[C@@H]3CC=C4CC(O)C(C(=O)O)C[C@]4(C)[C@@H]3C(O)C[C@]2(C)C1O. The normalized spacial score (nSPS) is 53.3. The molecule has 0 amide bonds. The van der Waals surface area contributed by atoms with Gasteiger partial charge < -0.3 is 20.4 Å². The summed E-state index contributed by atoms with van der Waals surface area (Å²) in [6, 6.07) is 0. The molecule has 26 heavy (non-hydrogen) atoms. The lowest BCUT2D eigenvalue weighted by Crippen LogP contribution is -2.58. The van der Waals surface area contributed by atoms with Crippen molar-refractivity contribution in [3.05, 3.63) is 23.8 Å². The van der Waals surface area contributed by atoms with Gasteiger partial charge in [-0.05, 0) is 60.8 Å². The van der Waals surface area contributed by atoms with Gasteiger partial charge in [-0.15, -0.1) is 0 Å². The number of aliphatic carboxylic acids is 1. The smallest absolute Gasteiger partial charge is 0.309 e. The van der Waals surface area contributed by atoms with Gasteiger partial charge in [-0.1, -0.05) is 32.1 Å². The van der Waals surface area contributed by atoms with Crippen LogP contribution in [0.5, 0.6) is 0 Å². The van der Waals surface area contributed by atoms with Crippen LogP contribution in [0.4, 0.5) is 0 Å². The molecule has 3 saturated carbocycles. The Hall–Kier alpha value is -1.17. The Morgan fingerprint density at radius 2 is 1.85 bits per heavy atom. The second kappa shape index (κ2) is 5.66. The van der Waals surface area contributed by atoms with Crippen LogP contribution in [0.15, 0.2) is 23.8 Å². The molecule has 5 nitrogen and oxygen atoms in total. The molecular weight excluding hydrogens is 332 g/mol. The van der Waals surface area contributed by atoms with Crippen molar-refractivity contribution in [3.8, 4) is 0 Å². The van der Waals surface area contributed by atoms with Crippen molar-refractivity contribution in [1.29, 1.82) is 0 Å². The average molecular weight is 362 g/mol. The fourth-order valence-corrected chi connectivity index (χ4v) is 7.04.